The third-order valence-electron chi connectivity index (χ3n) is 5.24. The molecular weight excluding hydrogens is 362 g/mol. The van der Waals surface area contributed by atoms with Crippen molar-refractivity contribution in [3.05, 3.63) is 31.5 Å². The lowest BCUT2D eigenvalue weighted by Crippen LogP contribution is -2.62. The second-order valence-corrected chi connectivity index (χ2v) is 9.01. The van der Waals surface area contributed by atoms with Gasteiger partial charge in [-0.25, -0.2) is 28.1 Å². The molecule has 1 aliphatic rings. The van der Waals surface area contributed by atoms with Gasteiger partial charge in [-0.05, 0) is 54.4 Å². The molecule has 160 valence electrons. The van der Waals surface area contributed by atoms with Crippen molar-refractivity contribution in [3.63, 3.8) is 0 Å². The molecule has 0 aromatic carbocycles. The molecule has 9 heteroatoms. The first-order valence-electron chi connectivity index (χ1n) is 10.1. The van der Waals surface area contributed by atoms with Gasteiger partial charge in [0.25, 0.3) is 0 Å². The number of hydrogen-bond acceptors (Lipinski definition) is 6. The average Bonchev–Trinajstić information content (AvgIpc) is 2.55. The van der Waals surface area contributed by atoms with Crippen LogP contribution in [0, 0.1) is 0 Å². The van der Waals surface area contributed by atoms with Crippen LogP contribution >= 0.6 is 0 Å². The minimum atomic E-state index is -0.917. The highest BCUT2D eigenvalue weighted by Gasteiger charge is 2.37. The molecule has 0 radical (unpaired) electrons. The summed E-state index contributed by atoms with van der Waals surface area (Å²) in [4.78, 5) is 37.2. The normalized spacial score (nSPS) is 20.2. The van der Waals surface area contributed by atoms with E-state index < -0.39 is 23.2 Å². The average molecular weight is 398 g/mol. The van der Waals surface area contributed by atoms with E-state index in [1.807, 2.05) is 0 Å². The number of rotatable bonds is 7. The Morgan fingerprint density at radius 1 is 0.964 bits per heavy atom. The molecule has 0 amide bonds. The molecule has 28 heavy (non-hydrogen) atoms. The largest absolute Gasteiger partial charge is 0.390 e. The molecule has 0 bridgehead atoms. The van der Waals surface area contributed by atoms with Crippen LogP contribution in [0.15, 0.2) is 14.4 Å². The molecule has 1 aromatic rings. The van der Waals surface area contributed by atoms with E-state index in [0.29, 0.717) is 0 Å². The topological polar surface area (TPSA) is 110 Å². The molecule has 1 unspecified atom stereocenters. The predicted octanol–water partition coefficient (Wildman–Crippen LogP) is -0.529. The second kappa shape index (κ2) is 8.34. The lowest BCUT2D eigenvalue weighted by atomic mass is 9.79. The van der Waals surface area contributed by atoms with Gasteiger partial charge in [-0.15, -0.1) is 0 Å². The van der Waals surface area contributed by atoms with Gasteiger partial charge in [-0.2, -0.15) is 0 Å². The number of nitrogens with zero attached hydrogens (tertiary/aromatic N) is 3. The molecule has 1 aliphatic heterocycles. The molecule has 0 spiro atoms. The predicted molar refractivity (Wildman–Crippen MR) is 109 cm³/mol. The Morgan fingerprint density at radius 2 is 1.39 bits per heavy atom. The van der Waals surface area contributed by atoms with Crippen molar-refractivity contribution in [2.75, 3.05) is 6.54 Å². The van der Waals surface area contributed by atoms with E-state index in [4.69, 9.17) is 0 Å². The van der Waals surface area contributed by atoms with Gasteiger partial charge in [-0.1, -0.05) is 0 Å². The third-order valence-corrected chi connectivity index (χ3v) is 5.24. The summed E-state index contributed by atoms with van der Waals surface area (Å²) in [5, 5.41) is 17.5. The molecule has 2 heterocycles. The van der Waals surface area contributed by atoms with E-state index in [0.717, 1.165) is 26.5 Å². The van der Waals surface area contributed by atoms with E-state index >= 15 is 0 Å². The molecular formula is C19H35N5O4. The number of aromatic nitrogens is 3. The summed E-state index contributed by atoms with van der Waals surface area (Å²) in [6.07, 6.45) is 0.901. The van der Waals surface area contributed by atoms with Gasteiger partial charge in [0.1, 0.15) is 0 Å². The quantitative estimate of drug-likeness (QED) is 0.571. The van der Waals surface area contributed by atoms with Gasteiger partial charge in [0.05, 0.1) is 12.6 Å². The Bertz CT molecular complexity index is 806. The Kier molecular flexibility index (Phi) is 6.73. The van der Waals surface area contributed by atoms with Gasteiger partial charge in [0.2, 0.25) is 0 Å². The Morgan fingerprint density at radius 3 is 1.82 bits per heavy atom. The molecule has 0 saturated carbocycles. The molecule has 3 N–H and O–H groups in total. The fraction of sp³-hybridized carbons (Fsp3) is 0.842. The number of hydrogen-bond donors (Lipinski definition) is 3. The van der Waals surface area contributed by atoms with Crippen LogP contribution < -0.4 is 27.7 Å². The maximum absolute atomic E-state index is 12.5. The zero-order valence-corrected chi connectivity index (χ0v) is 17.9. The number of piperidine rings is 1. The highest BCUT2D eigenvalue weighted by molar-refractivity contribution is 4.99. The maximum Gasteiger partial charge on any atom is 0.336 e. The smallest absolute Gasteiger partial charge is 0.336 e. The summed E-state index contributed by atoms with van der Waals surface area (Å²) in [7, 11) is 0. The lowest BCUT2D eigenvalue weighted by Gasteiger charge is -2.47. The molecule has 1 fully saturated rings. The van der Waals surface area contributed by atoms with Crippen molar-refractivity contribution in [3.8, 4) is 0 Å². The molecule has 2 rings (SSSR count). The fourth-order valence-electron chi connectivity index (χ4n) is 4.42. The van der Waals surface area contributed by atoms with Crippen LogP contribution in [0.3, 0.4) is 0 Å². The maximum atomic E-state index is 12.5. The van der Waals surface area contributed by atoms with E-state index in [2.05, 4.69) is 38.3 Å². The summed E-state index contributed by atoms with van der Waals surface area (Å²) in [5.74, 6) is 0. The van der Waals surface area contributed by atoms with E-state index in [1.54, 1.807) is 13.8 Å². The van der Waals surface area contributed by atoms with E-state index in [1.165, 1.54) is 0 Å². The van der Waals surface area contributed by atoms with Crippen molar-refractivity contribution >= 4 is 0 Å². The lowest BCUT2D eigenvalue weighted by molar-refractivity contribution is 0.113. The first kappa shape index (κ1) is 22.6. The van der Waals surface area contributed by atoms with Crippen LogP contribution in [0.4, 0.5) is 0 Å². The van der Waals surface area contributed by atoms with Crippen LogP contribution in [-0.2, 0) is 19.6 Å². The van der Waals surface area contributed by atoms with Crippen molar-refractivity contribution in [1.29, 1.82) is 0 Å². The molecule has 1 saturated heterocycles. The molecule has 9 nitrogen and oxygen atoms in total. The highest BCUT2D eigenvalue weighted by Crippen LogP contribution is 2.28. The van der Waals surface area contributed by atoms with Crippen LogP contribution in [0.2, 0.25) is 0 Å². The van der Waals surface area contributed by atoms with Gasteiger partial charge in [0, 0.05) is 36.8 Å². The van der Waals surface area contributed by atoms with Crippen LogP contribution in [0.1, 0.15) is 54.4 Å². The summed E-state index contributed by atoms with van der Waals surface area (Å²) in [5.41, 5.74) is -2.00. The summed E-state index contributed by atoms with van der Waals surface area (Å²) >= 11 is 0. The van der Waals surface area contributed by atoms with Gasteiger partial charge >= 0.3 is 17.1 Å². The minimum absolute atomic E-state index is 0.0210. The van der Waals surface area contributed by atoms with Crippen molar-refractivity contribution in [1.82, 2.24) is 24.3 Å². The third kappa shape index (κ3) is 5.01. The van der Waals surface area contributed by atoms with Crippen molar-refractivity contribution in [2.45, 2.75) is 97.2 Å². The first-order valence-corrected chi connectivity index (χ1v) is 10.1. The number of aliphatic hydroxyl groups excluding tert-OH is 1. The Hall–Kier alpha value is -1.71. The summed E-state index contributed by atoms with van der Waals surface area (Å²) in [6, 6.07) is 0.217. The standard InChI is InChI=1S/C19H35N5O4/c1-7-22-15(26)23(8-2)17(28)24(16(22)27)12-14(25)11-20-13-9-18(3,4)21-19(5,6)10-13/h13-14,20-21,25H,7-12H2,1-6H3. The van der Waals surface area contributed by atoms with Gasteiger partial charge in [0.15, 0.2) is 0 Å². The van der Waals surface area contributed by atoms with E-state index in [9.17, 15) is 19.5 Å². The summed E-state index contributed by atoms with van der Waals surface area (Å²) in [6.45, 7) is 12.4. The molecule has 0 aliphatic carbocycles. The van der Waals surface area contributed by atoms with Crippen molar-refractivity contribution in [2.24, 2.45) is 0 Å². The SMILES string of the molecule is CCn1c(=O)n(CC)c(=O)n(CC(O)CNC2CC(C)(C)NC(C)(C)C2)c1=O. The monoisotopic (exact) mass is 397 g/mol. The highest BCUT2D eigenvalue weighted by atomic mass is 16.3. The number of nitrogens with one attached hydrogen (secondary N) is 2. The Balaban J connectivity index is 2.14. The van der Waals surface area contributed by atoms with E-state index in [-0.39, 0.29) is 43.3 Å². The van der Waals surface area contributed by atoms with Gasteiger partial charge < -0.3 is 15.7 Å². The Labute approximate surface area is 165 Å². The second-order valence-electron chi connectivity index (χ2n) is 9.01. The number of aliphatic hydroxyl groups is 1. The van der Waals surface area contributed by atoms with Crippen LogP contribution in [0.25, 0.3) is 0 Å². The summed E-state index contributed by atoms with van der Waals surface area (Å²) < 4.78 is 2.99. The molecule has 1 atom stereocenters. The zero-order chi connectivity index (χ0) is 21.3. The van der Waals surface area contributed by atoms with Gasteiger partial charge in [-0.3, -0.25) is 0 Å². The van der Waals surface area contributed by atoms with Crippen LogP contribution in [0.5, 0.6) is 0 Å². The van der Waals surface area contributed by atoms with Crippen LogP contribution in [-0.4, -0.2) is 48.6 Å². The zero-order valence-electron chi connectivity index (χ0n) is 17.9. The fourth-order valence-corrected chi connectivity index (χ4v) is 4.42. The minimum Gasteiger partial charge on any atom is -0.390 e. The van der Waals surface area contributed by atoms with Crippen molar-refractivity contribution < 1.29 is 5.11 Å². The first-order chi connectivity index (χ1) is 12.9. The molecule has 1 aromatic heterocycles.